The summed E-state index contributed by atoms with van der Waals surface area (Å²) < 4.78 is 19.0. The van der Waals surface area contributed by atoms with Crippen LogP contribution in [0.2, 0.25) is 10.0 Å². The average Bonchev–Trinajstić information content (AvgIpc) is 3.24. The maximum absolute atomic E-state index is 11.6. The normalized spacial score (nSPS) is 22.5. The Hall–Kier alpha value is -1.67. The van der Waals surface area contributed by atoms with E-state index in [0.29, 0.717) is 22.0 Å². The first-order valence-corrected chi connectivity index (χ1v) is 9.03. The van der Waals surface area contributed by atoms with E-state index in [1.807, 2.05) is 6.92 Å². The summed E-state index contributed by atoms with van der Waals surface area (Å²) in [6.45, 7) is 2.53. The van der Waals surface area contributed by atoms with Crippen LogP contribution in [0.5, 0.6) is 0 Å². The molecular formula is C17H19Cl2N3O4. The highest BCUT2D eigenvalue weighted by Crippen LogP contribution is 2.40. The number of nitrogens with zero attached hydrogens (tertiary/aromatic N) is 3. The molecule has 0 amide bonds. The lowest BCUT2D eigenvalue weighted by Crippen LogP contribution is -2.35. The van der Waals surface area contributed by atoms with E-state index >= 15 is 0 Å². The van der Waals surface area contributed by atoms with Crippen LogP contribution in [0, 0.1) is 0 Å². The van der Waals surface area contributed by atoms with Gasteiger partial charge in [-0.25, -0.2) is 9.67 Å². The molecule has 7 nitrogen and oxygen atoms in total. The number of rotatable bonds is 7. The third-order valence-electron chi connectivity index (χ3n) is 3.92. The first kappa shape index (κ1) is 19.1. The largest absolute Gasteiger partial charge is 0.463 e. The molecule has 2 atom stereocenters. The van der Waals surface area contributed by atoms with Crippen molar-refractivity contribution < 1.29 is 19.0 Å². The van der Waals surface area contributed by atoms with Crippen LogP contribution in [0.4, 0.5) is 0 Å². The predicted molar refractivity (Wildman–Crippen MR) is 94.9 cm³/mol. The lowest BCUT2D eigenvalue weighted by Gasteiger charge is -2.29. The smallest absolute Gasteiger partial charge is 0.305 e. The monoisotopic (exact) mass is 399 g/mol. The van der Waals surface area contributed by atoms with Gasteiger partial charge in [0.05, 0.1) is 11.6 Å². The molecular weight excluding hydrogens is 381 g/mol. The lowest BCUT2D eigenvalue weighted by atomic mass is 10.1. The molecule has 1 aromatic carbocycles. The SMILES string of the molecule is CCCC(=O)OC[C@@H]1CO[C@@](Cn2cncn2)(c2ccc(Cl)cc2Cl)O1. The molecule has 1 aliphatic heterocycles. The van der Waals surface area contributed by atoms with Crippen molar-refractivity contribution in [1.82, 2.24) is 14.8 Å². The van der Waals surface area contributed by atoms with Crippen LogP contribution in [0.3, 0.4) is 0 Å². The summed E-state index contributed by atoms with van der Waals surface area (Å²) in [7, 11) is 0. The van der Waals surface area contributed by atoms with Gasteiger partial charge in [-0.15, -0.1) is 0 Å². The van der Waals surface area contributed by atoms with Crippen molar-refractivity contribution >= 4 is 29.2 Å². The van der Waals surface area contributed by atoms with Crippen LogP contribution in [0.15, 0.2) is 30.9 Å². The Balaban J connectivity index is 1.80. The molecule has 9 heteroatoms. The lowest BCUT2D eigenvalue weighted by molar-refractivity contribution is -0.194. The van der Waals surface area contributed by atoms with Crippen molar-refractivity contribution in [2.45, 2.75) is 38.2 Å². The van der Waals surface area contributed by atoms with Gasteiger partial charge in [-0.1, -0.05) is 36.2 Å². The number of esters is 1. The molecule has 1 fully saturated rings. The minimum absolute atomic E-state index is 0.114. The van der Waals surface area contributed by atoms with Crippen molar-refractivity contribution in [3.05, 3.63) is 46.5 Å². The van der Waals surface area contributed by atoms with Gasteiger partial charge in [0.2, 0.25) is 5.79 Å². The number of carbonyl (C=O) groups is 1. The van der Waals surface area contributed by atoms with Gasteiger partial charge in [-0.3, -0.25) is 4.79 Å². The molecule has 2 heterocycles. The maximum Gasteiger partial charge on any atom is 0.305 e. The number of ether oxygens (including phenoxy) is 3. The number of hydrogen-bond acceptors (Lipinski definition) is 6. The number of benzene rings is 1. The predicted octanol–water partition coefficient (Wildman–Crippen LogP) is 3.20. The summed E-state index contributed by atoms with van der Waals surface area (Å²) >= 11 is 12.4. The van der Waals surface area contributed by atoms with E-state index in [1.54, 1.807) is 29.2 Å². The first-order valence-electron chi connectivity index (χ1n) is 8.28. The Kier molecular flexibility index (Phi) is 6.13. The minimum atomic E-state index is -1.17. The minimum Gasteiger partial charge on any atom is -0.463 e. The Morgan fingerprint density at radius 1 is 1.46 bits per heavy atom. The molecule has 0 bridgehead atoms. The van der Waals surface area contributed by atoms with Crippen molar-refractivity contribution in [3.63, 3.8) is 0 Å². The molecule has 2 aromatic rings. The Morgan fingerprint density at radius 2 is 2.31 bits per heavy atom. The molecule has 0 aliphatic carbocycles. The average molecular weight is 400 g/mol. The van der Waals surface area contributed by atoms with E-state index in [-0.39, 0.29) is 25.7 Å². The van der Waals surface area contributed by atoms with Crippen LogP contribution in [0.1, 0.15) is 25.3 Å². The molecule has 140 valence electrons. The van der Waals surface area contributed by atoms with E-state index in [9.17, 15) is 4.79 Å². The Morgan fingerprint density at radius 3 is 3.00 bits per heavy atom. The molecule has 1 aliphatic rings. The first-order chi connectivity index (χ1) is 12.5. The van der Waals surface area contributed by atoms with Gasteiger partial charge >= 0.3 is 5.97 Å². The second kappa shape index (κ2) is 8.35. The van der Waals surface area contributed by atoms with Crippen LogP contribution in [-0.2, 0) is 31.3 Å². The zero-order chi connectivity index (χ0) is 18.6. The van der Waals surface area contributed by atoms with Gasteiger partial charge in [0, 0.05) is 17.0 Å². The highest BCUT2D eigenvalue weighted by Gasteiger charge is 2.45. The molecule has 0 unspecified atom stereocenters. The summed E-state index contributed by atoms with van der Waals surface area (Å²) in [5.41, 5.74) is 0.626. The number of aromatic nitrogens is 3. The summed E-state index contributed by atoms with van der Waals surface area (Å²) in [6, 6.07) is 5.10. The van der Waals surface area contributed by atoms with Crippen LogP contribution >= 0.6 is 23.2 Å². The van der Waals surface area contributed by atoms with Crippen LogP contribution in [0.25, 0.3) is 0 Å². The zero-order valence-electron chi connectivity index (χ0n) is 14.2. The maximum atomic E-state index is 11.6. The summed E-state index contributed by atoms with van der Waals surface area (Å²) in [5, 5.41) is 5.04. The van der Waals surface area contributed by atoms with Crippen LogP contribution in [-0.4, -0.2) is 40.1 Å². The Bertz CT molecular complexity index is 756. The molecule has 26 heavy (non-hydrogen) atoms. The number of carbonyl (C=O) groups excluding carboxylic acids is 1. The van der Waals surface area contributed by atoms with Gasteiger partial charge < -0.3 is 14.2 Å². The van der Waals surface area contributed by atoms with Gasteiger partial charge in [0.15, 0.2) is 0 Å². The third-order valence-corrected chi connectivity index (χ3v) is 4.47. The quantitative estimate of drug-likeness (QED) is 0.665. The molecule has 0 N–H and O–H groups in total. The van der Waals surface area contributed by atoms with Crippen molar-refractivity contribution in [2.75, 3.05) is 13.2 Å². The molecule has 3 rings (SSSR count). The van der Waals surface area contributed by atoms with E-state index in [1.165, 1.54) is 6.33 Å². The van der Waals surface area contributed by atoms with Gasteiger partial charge in [-0.05, 0) is 18.6 Å². The standard InChI is InChI=1S/C17H19Cl2N3O4/c1-2-3-16(23)24-7-13-8-25-17(26-13,9-22-11-20-10-21-22)14-5-4-12(18)6-15(14)19/h4-6,10-11,13H,2-3,7-9H2,1H3/t13-,17-/m1/s1. The van der Waals surface area contributed by atoms with Gasteiger partial charge in [0.1, 0.15) is 31.9 Å². The van der Waals surface area contributed by atoms with Crippen molar-refractivity contribution in [2.24, 2.45) is 0 Å². The topological polar surface area (TPSA) is 75.5 Å². The van der Waals surface area contributed by atoms with Gasteiger partial charge in [-0.2, -0.15) is 5.10 Å². The highest BCUT2D eigenvalue weighted by atomic mass is 35.5. The van der Waals surface area contributed by atoms with Crippen molar-refractivity contribution in [1.29, 1.82) is 0 Å². The molecule has 1 aromatic heterocycles. The number of hydrogen-bond donors (Lipinski definition) is 0. The van der Waals surface area contributed by atoms with E-state index in [2.05, 4.69) is 10.1 Å². The van der Waals surface area contributed by atoms with E-state index < -0.39 is 11.9 Å². The second-order valence-electron chi connectivity index (χ2n) is 5.95. The molecule has 0 radical (unpaired) electrons. The second-order valence-corrected chi connectivity index (χ2v) is 6.80. The van der Waals surface area contributed by atoms with Crippen LogP contribution < -0.4 is 0 Å². The Labute approximate surface area is 161 Å². The summed E-state index contributed by atoms with van der Waals surface area (Å²) in [4.78, 5) is 15.5. The molecule has 0 saturated carbocycles. The summed E-state index contributed by atoms with van der Waals surface area (Å²) in [5.74, 6) is -1.42. The number of halogens is 2. The fourth-order valence-electron chi connectivity index (χ4n) is 2.74. The van der Waals surface area contributed by atoms with Crippen molar-refractivity contribution in [3.8, 4) is 0 Å². The fraction of sp³-hybridized carbons (Fsp3) is 0.471. The highest BCUT2D eigenvalue weighted by molar-refractivity contribution is 6.35. The summed E-state index contributed by atoms with van der Waals surface area (Å²) in [6.07, 6.45) is 3.69. The van der Waals surface area contributed by atoms with E-state index in [0.717, 1.165) is 6.42 Å². The molecule has 0 spiro atoms. The third kappa shape index (κ3) is 4.35. The molecule has 1 saturated heterocycles. The fourth-order valence-corrected chi connectivity index (χ4v) is 3.30. The van der Waals surface area contributed by atoms with Gasteiger partial charge in [0.25, 0.3) is 0 Å². The van der Waals surface area contributed by atoms with E-state index in [4.69, 9.17) is 37.4 Å². The zero-order valence-corrected chi connectivity index (χ0v) is 15.7.